The Balaban J connectivity index is 0.00000420. The molecule has 3 rings (SSSR count). The lowest BCUT2D eigenvalue weighted by molar-refractivity contribution is -0.250. The molecule has 41 heavy (non-hydrogen) atoms. The first kappa shape index (κ1) is 37.1. The number of likely N-dealkylation sites (N-methyl/N-ethyl adjacent to an activating group) is 1. The number of phosphoric ester groups is 1. The number of ether oxygens (including phenoxy) is 2. The molecule has 25 heteroatoms. The van der Waals surface area contributed by atoms with Crippen molar-refractivity contribution in [2.75, 3.05) is 39.1 Å². The van der Waals surface area contributed by atoms with Crippen molar-refractivity contribution in [1.29, 1.82) is 0 Å². The summed E-state index contributed by atoms with van der Waals surface area (Å²) in [6, 6.07) is 0. The van der Waals surface area contributed by atoms with Gasteiger partial charge in [0.15, 0.2) is 17.7 Å². The largest absolute Gasteiger partial charge is 0.756 e. The van der Waals surface area contributed by atoms with Crippen LogP contribution in [0.5, 0.6) is 0 Å². The van der Waals surface area contributed by atoms with Gasteiger partial charge in [0, 0.05) is 13.1 Å². The fourth-order valence-electron chi connectivity index (χ4n) is 3.32. The highest BCUT2D eigenvalue weighted by molar-refractivity contribution is 7.65. The second-order valence-electron chi connectivity index (χ2n) is 7.69. The fourth-order valence-corrected chi connectivity index (χ4v) is 6.21. The fraction of sp³-hybridized carbons (Fsp3) is 0.625. The van der Waals surface area contributed by atoms with Crippen LogP contribution < -0.4 is 37.2 Å². The third kappa shape index (κ3) is 10.4. The summed E-state index contributed by atoms with van der Waals surface area (Å²) in [5, 5.41) is 16.2. The molecule has 1 aliphatic heterocycles. The number of phosphoric acid groups is 3. The molecular weight excluding hydrogens is 621 g/mol. The zero-order valence-corrected chi connectivity index (χ0v) is 23.5. The number of carbonyl (C=O) groups excluding carboxylic acids is 1. The molecule has 7 atom stereocenters. The Morgan fingerprint density at radius 2 is 1.85 bits per heavy atom. The first-order valence-electron chi connectivity index (χ1n) is 10.6. The molecule has 1 saturated heterocycles. The molecule has 0 saturated carbocycles. The number of imidazole rings is 1. The van der Waals surface area contributed by atoms with E-state index in [0.29, 0.717) is 6.54 Å². The van der Waals surface area contributed by atoms with E-state index in [-0.39, 0.29) is 37.1 Å². The van der Waals surface area contributed by atoms with Crippen LogP contribution in [0.25, 0.3) is 11.2 Å². The van der Waals surface area contributed by atoms with Crippen molar-refractivity contribution in [2.45, 2.75) is 32.0 Å². The topological polar surface area (TPSA) is 354 Å². The van der Waals surface area contributed by atoms with E-state index in [4.69, 9.17) is 20.1 Å². The minimum Gasteiger partial charge on any atom is -0.756 e. The first-order chi connectivity index (χ1) is 18.1. The number of amides is 1. The zero-order valence-electron chi connectivity index (χ0n) is 20.8. The number of rotatable bonds is 14. The number of nitrogen functional groups attached to an aromatic ring is 1. The number of quaternary nitrogens is 1. The highest BCUT2D eigenvalue weighted by atomic mass is 31.3. The summed E-state index contributed by atoms with van der Waals surface area (Å²) in [5.41, 5.74) is 6.06. The molecule has 0 bridgehead atoms. The van der Waals surface area contributed by atoms with Gasteiger partial charge in [-0.05, 0) is 7.05 Å². The minimum atomic E-state index is -6.13. The van der Waals surface area contributed by atoms with E-state index in [1.165, 1.54) is 10.9 Å². The molecule has 0 aromatic carbocycles. The van der Waals surface area contributed by atoms with Gasteiger partial charge in [-0.1, -0.05) is 7.43 Å². The maximum Gasteiger partial charge on any atom is 0.280 e. The quantitative estimate of drug-likeness (QED) is 0.0866. The predicted molar refractivity (Wildman–Crippen MR) is 132 cm³/mol. The average molecular weight is 652 g/mol. The lowest BCUT2D eigenvalue weighted by atomic mass is 10.1. The molecule has 0 aliphatic carbocycles. The number of carbonyl (C=O) groups is 1. The van der Waals surface area contributed by atoms with Gasteiger partial charge in [-0.2, -0.15) is 0 Å². The highest BCUT2D eigenvalue weighted by Gasteiger charge is 2.47. The minimum absolute atomic E-state index is 0. The van der Waals surface area contributed by atoms with Gasteiger partial charge >= 0.3 is 0 Å². The lowest BCUT2D eigenvalue weighted by Gasteiger charge is -2.33. The summed E-state index contributed by atoms with van der Waals surface area (Å²) < 4.78 is 57.5. The van der Waals surface area contributed by atoms with Gasteiger partial charge in [-0.25, -0.2) is 23.6 Å². The average Bonchev–Trinajstić information content (AvgIpc) is 3.36. The number of hydrogen-bond donors (Lipinski definition) is 6. The van der Waals surface area contributed by atoms with Crippen molar-refractivity contribution in [3.63, 3.8) is 0 Å². The van der Waals surface area contributed by atoms with E-state index in [1.807, 2.05) is 0 Å². The number of aliphatic hydroxyl groups is 1. The number of aromatic nitrogens is 4. The molecule has 22 nitrogen and oxygen atoms in total. The van der Waals surface area contributed by atoms with Crippen molar-refractivity contribution >= 4 is 46.4 Å². The number of fused-ring (bicyclic) bond motifs is 1. The van der Waals surface area contributed by atoms with Crippen LogP contribution in [0.3, 0.4) is 0 Å². The van der Waals surface area contributed by atoms with Gasteiger partial charge in [-0.3, -0.25) is 23.1 Å². The predicted octanol–water partition coefficient (Wildman–Crippen LogP) is -3.15. The van der Waals surface area contributed by atoms with Crippen LogP contribution in [0.15, 0.2) is 12.7 Å². The Labute approximate surface area is 232 Å². The first-order valence-corrected chi connectivity index (χ1v) is 15.1. The van der Waals surface area contributed by atoms with E-state index in [2.05, 4.69) is 38.7 Å². The van der Waals surface area contributed by atoms with Crippen LogP contribution in [-0.4, -0.2) is 87.1 Å². The van der Waals surface area contributed by atoms with Gasteiger partial charge in [0.2, 0.25) is 5.91 Å². The Kier molecular flexibility index (Phi) is 13.5. The van der Waals surface area contributed by atoms with Crippen LogP contribution in [0.4, 0.5) is 5.82 Å². The molecule has 2 aromatic rings. The van der Waals surface area contributed by atoms with Gasteiger partial charge in [0.25, 0.3) is 23.5 Å². The number of nitrogens with zero attached hydrogens (tertiary/aromatic N) is 4. The maximum atomic E-state index is 12.1. The smallest absolute Gasteiger partial charge is 0.280 e. The van der Waals surface area contributed by atoms with E-state index in [0.717, 1.165) is 6.33 Å². The summed E-state index contributed by atoms with van der Waals surface area (Å²) in [6.07, 6.45) is -3.56. The molecule has 236 valence electrons. The van der Waals surface area contributed by atoms with E-state index in [1.54, 1.807) is 7.05 Å². The summed E-state index contributed by atoms with van der Waals surface area (Å²) in [4.78, 5) is 66.4. The van der Waals surface area contributed by atoms with E-state index in [9.17, 15) is 38.3 Å². The SMILES string of the molecule is C.CNCCNC(=O)COC1[C@@H](O)[C@@H](COP(=O)([O-])OP(=O)([O-])OP(=O)([O-])O)O[C@H]1n1cnc2c(N)ncnc21.[NH4+]. The van der Waals surface area contributed by atoms with Crippen molar-refractivity contribution < 1.29 is 65.8 Å². The monoisotopic (exact) mass is 652 g/mol. The van der Waals surface area contributed by atoms with E-state index >= 15 is 0 Å². The molecular formula is C16H31N8O14P3-2. The standard InChI is InChI=1S/C15H26N7O14P3.CH4.H3N/c1-17-2-3-18-9(23)5-32-12-11(24)8(4-33-38(28,29)36-39(30,31)35-37(25,26)27)34-15(12)22-7-21-10-13(16)19-6-20-14(10)22;;/h6-8,11-12,15,17,24H,2-5H2,1H3,(H,18,23)(H,28,29)(H,30,31)(H2,16,19,20)(H2,25,26,27);1H4;1H3/p-2/t8-,11+,12?,15-;;/m1../s1. The third-order valence-corrected chi connectivity index (χ3v) is 8.57. The van der Waals surface area contributed by atoms with Crippen LogP contribution in [0.2, 0.25) is 0 Å². The van der Waals surface area contributed by atoms with Crippen molar-refractivity contribution in [3.05, 3.63) is 12.7 Å². The molecule has 1 amide bonds. The molecule has 3 heterocycles. The molecule has 1 aliphatic rings. The summed E-state index contributed by atoms with van der Waals surface area (Å²) in [6.45, 7) is -0.896. The number of aliphatic hydroxyl groups excluding tert-OH is 1. The molecule has 1 fully saturated rings. The van der Waals surface area contributed by atoms with Crippen LogP contribution >= 0.6 is 23.5 Å². The Morgan fingerprint density at radius 3 is 2.49 bits per heavy atom. The number of nitrogens with two attached hydrogens (primary N) is 1. The van der Waals surface area contributed by atoms with Gasteiger partial charge in [0.05, 0.1) is 12.9 Å². The Hall–Kier alpha value is -1.97. The van der Waals surface area contributed by atoms with Crippen LogP contribution in [0, 0.1) is 0 Å². The van der Waals surface area contributed by atoms with Crippen molar-refractivity contribution in [3.8, 4) is 0 Å². The Bertz CT molecular complexity index is 1310. The summed E-state index contributed by atoms with van der Waals surface area (Å²) in [7, 11) is -16.2. The van der Waals surface area contributed by atoms with Gasteiger partial charge in [-0.15, -0.1) is 0 Å². The normalized spacial score (nSPS) is 24.8. The van der Waals surface area contributed by atoms with Crippen LogP contribution in [0.1, 0.15) is 13.7 Å². The maximum absolute atomic E-state index is 12.1. The van der Waals surface area contributed by atoms with Crippen LogP contribution in [-0.2, 0) is 41.1 Å². The second kappa shape index (κ2) is 15.0. The number of anilines is 1. The molecule has 0 spiro atoms. The van der Waals surface area contributed by atoms with Crippen molar-refractivity contribution in [2.24, 2.45) is 0 Å². The zero-order chi connectivity index (χ0) is 29.0. The number of hydrogen-bond acceptors (Lipinski definition) is 18. The molecule has 0 radical (unpaired) electrons. The molecule has 10 N–H and O–H groups in total. The molecule has 2 aromatic heterocycles. The second-order valence-corrected chi connectivity index (χ2v) is 12.0. The Morgan fingerprint density at radius 1 is 1.17 bits per heavy atom. The third-order valence-electron chi connectivity index (χ3n) is 4.88. The van der Waals surface area contributed by atoms with Gasteiger partial charge < -0.3 is 61.2 Å². The molecule has 4 unspecified atom stereocenters. The summed E-state index contributed by atoms with van der Waals surface area (Å²) >= 11 is 0. The van der Waals surface area contributed by atoms with Gasteiger partial charge in [0.1, 0.15) is 36.8 Å². The highest BCUT2D eigenvalue weighted by Crippen LogP contribution is 2.61. The number of nitrogens with one attached hydrogen (secondary N) is 2. The summed E-state index contributed by atoms with van der Waals surface area (Å²) in [5.74, 6) is -0.543. The van der Waals surface area contributed by atoms with Crippen molar-refractivity contribution in [1.82, 2.24) is 36.3 Å². The van der Waals surface area contributed by atoms with E-state index < -0.39 is 67.1 Å². The lowest BCUT2D eigenvalue weighted by Crippen LogP contribution is -2.39.